The maximum Gasteiger partial charge on any atom is 0.244 e. The van der Waals surface area contributed by atoms with Crippen LogP contribution in [-0.4, -0.2) is 50.0 Å². The smallest absolute Gasteiger partial charge is 0.244 e. The average Bonchev–Trinajstić information content (AvgIpc) is 2.75. The van der Waals surface area contributed by atoms with Gasteiger partial charge in [0.1, 0.15) is 12.6 Å². The largest absolute Gasteiger partial charge is 0.352 e. The maximum absolute atomic E-state index is 13.5. The molecule has 7 nitrogen and oxygen atoms in total. The molecular formula is C26H37N3O4S. The summed E-state index contributed by atoms with van der Waals surface area (Å²) in [6.45, 7) is 11.2. The van der Waals surface area contributed by atoms with Crippen molar-refractivity contribution in [2.24, 2.45) is 0 Å². The summed E-state index contributed by atoms with van der Waals surface area (Å²) in [5, 5.41) is 2.85. The lowest BCUT2D eigenvalue weighted by molar-refractivity contribution is -0.139. The van der Waals surface area contributed by atoms with Crippen molar-refractivity contribution >= 4 is 27.5 Å². The molecule has 0 fully saturated rings. The molecule has 1 N–H and O–H groups in total. The van der Waals surface area contributed by atoms with Gasteiger partial charge in [0.05, 0.1) is 11.9 Å². The fraction of sp³-hybridized carbons (Fsp3) is 0.462. The number of aryl methyl sites for hydroxylation is 1. The van der Waals surface area contributed by atoms with E-state index in [1.165, 1.54) is 4.90 Å². The average molecular weight is 488 g/mol. The second-order valence-corrected chi connectivity index (χ2v) is 11.2. The number of benzene rings is 2. The van der Waals surface area contributed by atoms with E-state index in [0.717, 1.165) is 27.3 Å². The Labute approximate surface area is 204 Å². The summed E-state index contributed by atoms with van der Waals surface area (Å²) in [5.41, 5.74) is 3.37. The van der Waals surface area contributed by atoms with Crippen molar-refractivity contribution in [2.75, 3.05) is 17.1 Å². The lowest BCUT2D eigenvalue weighted by atomic mass is 10.0. The summed E-state index contributed by atoms with van der Waals surface area (Å²) in [5.74, 6) is -0.440. The van der Waals surface area contributed by atoms with Crippen LogP contribution in [-0.2, 0) is 26.2 Å². The van der Waals surface area contributed by atoms with Gasteiger partial charge in [0.25, 0.3) is 0 Å². The Morgan fingerprint density at radius 2 is 1.53 bits per heavy atom. The van der Waals surface area contributed by atoms with Gasteiger partial charge in [-0.15, -0.1) is 0 Å². The van der Waals surface area contributed by atoms with Gasteiger partial charge in [-0.05, 0) is 62.4 Å². The molecule has 1 unspecified atom stereocenters. The Morgan fingerprint density at radius 3 is 2.03 bits per heavy atom. The first-order valence-electron chi connectivity index (χ1n) is 11.5. The molecule has 2 rings (SSSR count). The molecule has 0 aromatic heterocycles. The van der Waals surface area contributed by atoms with Crippen LogP contribution in [0.25, 0.3) is 0 Å². The number of nitrogens with one attached hydrogen (secondary N) is 1. The third-order valence-corrected chi connectivity index (χ3v) is 6.87. The topological polar surface area (TPSA) is 86.8 Å². The van der Waals surface area contributed by atoms with E-state index in [4.69, 9.17) is 0 Å². The van der Waals surface area contributed by atoms with Crippen LogP contribution in [0, 0.1) is 6.92 Å². The van der Waals surface area contributed by atoms with Gasteiger partial charge < -0.3 is 10.2 Å². The minimum atomic E-state index is -3.74. The van der Waals surface area contributed by atoms with Crippen molar-refractivity contribution in [1.82, 2.24) is 10.2 Å². The number of amides is 2. The highest BCUT2D eigenvalue weighted by Crippen LogP contribution is 2.23. The second-order valence-electron chi connectivity index (χ2n) is 9.30. The van der Waals surface area contributed by atoms with Crippen LogP contribution in [0.2, 0.25) is 0 Å². The first kappa shape index (κ1) is 27.4. The van der Waals surface area contributed by atoms with Gasteiger partial charge >= 0.3 is 0 Å². The summed E-state index contributed by atoms with van der Waals surface area (Å²) < 4.78 is 26.4. The van der Waals surface area contributed by atoms with Gasteiger partial charge in [0.2, 0.25) is 21.8 Å². The van der Waals surface area contributed by atoms with Crippen LogP contribution in [0.15, 0.2) is 48.5 Å². The number of carbonyl (C=O) groups is 2. The number of hydrogen-bond donors (Lipinski definition) is 1. The van der Waals surface area contributed by atoms with E-state index in [-0.39, 0.29) is 18.5 Å². The standard InChI is InChI=1S/C26H37N3O4S/c1-18(2)22-12-14-24(15-13-22)29(34(7,32)33)17-25(30)28(21(6)26(31)27-19(3)4)16-23-11-9-8-10-20(23)5/h8-15,18-19,21H,16-17H2,1-7H3,(H,27,31). The maximum atomic E-state index is 13.5. The highest BCUT2D eigenvalue weighted by molar-refractivity contribution is 7.92. The Morgan fingerprint density at radius 1 is 0.941 bits per heavy atom. The molecule has 34 heavy (non-hydrogen) atoms. The molecule has 2 aromatic rings. The van der Waals surface area contributed by atoms with Crippen LogP contribution < -0.4 is 9.62 Å². The zero-order chi connectivity index (χ0) is 25.6. The fourth-order valence-electron chi connectivity index (χ4n) is 3.60. The van der Waals surface area contributed by atoms with E-state index >= 15 is 0 Å². The molecule has 0 aliphatic rings. The van der Waals surface area contributed by atoms with Crippen molar-refractivity contribution in [2.45, 2.75) is 66.1 Å². The lowest BCUT2D eigenvalue weighted by Gasteiger charge is -2.32. The molecule has 0 bridgehead atoms. The van der Waals surface area contributed by atoms with E-state index in [0.29, 0.717) is 11.6 Å². The van der Waals surface area contributed by atoms with E-state index < -0.39 is 28.5 Å². The molecule has 0 saturated heterocycles. The van der Waals surface area contributed by atoms with Gasteiger partial charge in [-0.1, -0.05) is 50.2 Å². The zero-order valence-corrected chi connectivity index (χ0v) is 22.0. The van der Waals surface area contributed by atoms with E-state index in [1.807, 2.05) is 57.2 Å². The third kappa shape index (κ3) is 7.32. The number of rotatable bonds is 10. The fourth-order valence-corrected chi connectivity index (χ4v) is 4.45. The molecule has 2 aromatic carbocycles. The zero-order valence-electron chi connectivity index (χ0n) is 21.2. The third-order valence-electron chi connectivity index (χ3n) is 5.73. The SMILES string of the molecule is Cc1ccccc1CN(C(=O)CN(c1ccc(C(C)C)cc1)S(C)(=O)=O)C(C)C(=O)NC(C)C. The van der Waals surface area contributed by atoms with Gasteiger partial charge in [-0.25, -0.2) is 8.42 Å². The van der Waals surface area contributed by atoms with Crippen molar-refractivity contribution in [3.05, 3.63) is 65.2 Å². The minimum Gasteiger partial charge on any atom is -0.352 e. The van der Waals surface area contributed by atoms with Crippen LogP contribution in [0.5, 0.6) is 0 Å². The molecule has 0 aliphatic carbocycles. The molecule has 0 aliphatic heterocycles. The molecule has 0 heterocycles. The Bertz CT molecular complexity index is 1100. The number of hydrogen-bond acceptors (Lipinski definition) is 4. The normalized spacial score (nSPS) is 12.5. The molecule has 0 saturated carbocycles. The molecule has 8 heteroatoms. The quantitative estimate of drug-likeness (QED) is 0.552. The van der Waals surface area contributed by atoms with Crippen LogP contribution in [0.4, 0.5) is 5.69 Å². The highest BCUT2D eigenvalue weighted by atomic mass is 32.2. The van der Waals surface area contributed by atoms with E-state index in [2.05, 4.69) is 19.2 Å². The van der Waals surface area contributed by atoms with E-state index in [9.17, 15) is 18.0 Å². The summed E-state index contributed by atoms with van der Waals surface area (Å²) in [4.78, 5) is 27.8. The first-order chi connectivity index (χ1) is 15.8. The van der Waals surface area contributed by atoms with Crippen LogP contribution >= 0.6 is 0 Å². The van der Waals surface area contributed by atoms with Crippen LogP contribution in [0.1, 0.15) is 57.2 Å². The molecular weight excluding hydrogens is 450 g/mol. The Hall–Kier alpha value is -2.87. The van der Waals surface area contributed by atoms with E-state index in [1.54, 1.807) is 19.1 Å². The van der Waals surface area contributed by atoms with Gasteiger partial charge in [-0.2, -0.15) is 0 Å². The number of nitrogens with zero attached hydrogens (tertiary/aromatic N) is 2. The van der Waals surface area contributed by atoms with Gasteiger partial charge in [-0.3, -0.25) is 13.9 Å². The van der Waals surface area contributed by atoms with Gasteiger partial charge in [0, 0.05) is 12.6 Å². The molecule has 0 radical (unpaired) electrons. The highest BCUT2D eigenvalue weighted by Gasteiger charge is 2.30. The minimum absolute atomic E-state index is 0.0858. The first-order valence-corrected chi connectivity index (χ1v) is 13.4. The summed E-state index contributed by atoms with van der Waals surface area (Å²) in [7, 11) is -3.74. The molecule has 1 atom stereocenters. The summed E-state index contributed by atoms with van der Waals surface area (Å²) >= 11 is 0. The summed E-state index contributed by atoms with van der Waals surface area (Å²) in [6, 6.07) is 13.9. The Kier molecular flexibility index (Phi) is 9.27. The number of anilines is 1. The predicted molar refractivity (Wildman–Crippen MR) is 137 cm³/mol. The molecule has 0 spiro atoms. The molecule has 186 valence electrons. The van der Waals surface area contributed by atoms with Crippen molar-refractivity contribution in [3.8, 4) is 0 Å². The number of sulfonamides is 1. The monoisotopic (exact) mass is 487 g/mol. The molecule has 2 amide bonds. The lowest BCUT2D eigenvalue weighted by Crippen LogP contribution is -2.52. The van der Waals surface area contributed by atoms with Crippen LogP contribution in [0.3, 0.4) is 0 Å². The Balaban J connectivity index is 2.40. The number of carbonyl (C=O) groups excluding carboxylic acids is 2. The summed E-state index contributed by atoms with van der Waals surface area (Å²) in [6.07, 6.45) is 1.08. The predicted octanol–water partition coefficient (Wildman–Crippen LogP) is 3.83. The van der Waals surface area contributed by atoms with Crippen molar-refractivity contribution < 1.29 is 18.0 Å². The second kappa shape index (κ2) is 11.5. The van der Waals surface area contributed by atoms with Crippen molar-refractivity contribution in [3.63, 3.8) is 0 Å². The van der Waals surface area contributed by atoms with Crippen molar-refractivity contribution in [1.29, 1.82) is 0 Å². The van der Waals surface area contributed by atoms with Gasteiger partial charge in [0.15, 0.2) is 0 Å².